The third kappa shape index (κ3) is 7.87. The summed E-state index contributed by atoms with van der Waals surface area (Å²) in [5, 5.41) is 8.07. The van der Waals surface area contributed by atoms with Crippen molar-refractivity contribution in [2.24, 2.45) is 0 Å². The van der Waals surface area contributed by atoms with Crippen LogP contribution in [0.1, 0.15) is 18.0 Å². The summed E-state index contributed by atoms with van der Waals surface area (Å²) in [6.07, 6.45) is 3.52. The van der Waals surface area contributed by atoms with Gasteiger partial charge in [-0.1, -0.05) is 36.9 Å². The summed E-state index contributed by atoms with van der Waals surface area (Å²) in [4.78, 5) is 30.2. The molecule has 228 valence electrons. The van der Waals surface area contributed by atoms with E-state index in [4.69, 9.17) is 14.3 Å². The van der Waals surface area contributed by atoms with Crippen LogP contribution in [-0.2, 0) is 9.63 Å². The van der Waals surface area contributed by atoms with Gasteiger partial charge in [0.2, 0.25) is 5.91 Å². The van der Waals surface area contributed by atoms with E-state index in [1.807, 2.05) is 85.9 Å². The second kappa shape index (κ2) is 14.7. The Balaban J connectivity index is 1.37. The van der Waals surface area contributed by atoms with Gasteiger partial charge in [0.15, 0.2) is 5.82 Å². The summed E-state index contributed by atoms with van der Waals surface area (Å²) >= 11 is 1.63. The van der Waals surface area contributed by atoms with Crippen molar-refractivity contribution in [3.8, 4) is 17.2 Å². The average molecular weight is 613 g/mol. The zero-order valence-corrected chi connectivity index (χ0v) is 25.8. The molecule has 2 heterocycles. The molecule has 0 bridgehead atoms. The number of nitrogens with one attached hydrogen (secondary N) is 2. The van der Waals surface area contributed by atoms with Gasteiger partial charge < -0.3 is 25.0 Å². The minimum atomic E-state index is -0.296. The van der Waals surface area contributed by atoms with E-state index in [1.165, 1.54) is 12.4 Å². The number of methoxy groups -OCH3 is 1. The third-order valence-electron chi connectivity index (χ3n) is 6.81. The molecule has 1 aliphatic heterocycles. The van der Waals surface area contributed by atoms with E-state index in [-0.39, 0.29) is 11.9 Å². The number of para-hydroxylation sites is 1. The molecule has 10 nitrogen and oxygen atoms in total. The number of hydroxylamine groups is 1. The second-order valence-corrected chi connectivity index (χ2v) is 11.4. The van der Waals surface area contributed by atoms with Crippen molar-refractivity contribution in [2.75, 3.05) is 55.8 Å². The number of benzene rings is 3. The molecule has 1 aliphatic rings. The number of rotatable bonds is 13. The maximum atomic E-state index is 12.2. The van der Waals surface area contributed by atoms with Crippen LogP contribution >= 0.6 is 11.8 Å². The molecule has 11 heteroatoms. The van der Waals surface area contributed by atoms with Crippen molar-refractivity contribution in [3.05, 3.63) is 97.3 Å². The van der Waals surface area contributed by atoms with Gasteiger partial charge in [-0.25, -0.2) is 15.0 Å². The maximum Gasteiger partial charge on any atom is 0.247 e. The van der Waals surface area contributed by atoms with Gasteiger partial charge >= 0.3 is 0 Å². The first kappa shape index (κ1) is 30.9. The monoisotopic (exact) mass is 612 g/mol. The number of aromatic nitrogens is 2. The van der Waals surface area contributed by atoms with Crippen molar-refractivity contribution in [3.63, 3.8) is 0 Å². The largest absolute Gasteiger partial charge is 0.495 e. The molecule has 0 saturated carbocycles. The summed E-state index contributed by atoms with van der Waals surface area (Å²) < 4.78 is 11.8. The molecule has 0 spiro atoms. The zero-order chi connectivity index (χ0) is 30.9. The fraction of sp³-hybridized carbons (Fsp3) is 0.242. The number of carbonyl (C=O) groups is 1. The maximum absolute atomic E-state index is 12.2. The van der Waals surface area contributed by atoms with Crippen molar-refractivity contribution in [2.45, 2.75) is 17.4 Å². The summed E-state index contributed by atoms with van der Waals surface area (Å²) in [6, 6.07) is 23.2. The first-order valence-electron chi connectivity index (χ1n) is 14.2. The molecule has 0 radical (unpaired) electrons. The topological polar surface area (TPSA) is 101 Å². The normalized spacial score (nSPS) is 14.4. The van der Waals surface area contributed by atoms with Crippen LogP contribution in [0.2, 0.25) is 0 Å². The smallest absolute Gasteiger partial charge is 0.247 e. The van der Waals surface area contributed by atoms with Gasteiger partial charge in [-0.05, 0) is 62.1 Å². The zero-order valence-electron chi connectivity index (χ0n) is 25.0. The molecule has 0 aliphatic carbocycles. The lowest BCUT2D eigenvalue weighted by molar-refractivity contribution is -0.111. The van der Waals surface area contributed by atoms with E-state index in [0.29, 0.717) is 35.4 Å². The van der Waals surface area contributed by atoms with Crippen LogP contribution in [-0.4, -0.2) is 60.9 Å². The molecule has 44 heavy (non-hydrogen) atoms. The quantitative estimate of drug-likeness (QED) is 0.126. The molecule has 4 aromatic rings. The number of hydrogen-bond acceptors (Lipinski definition) is 10. The minimum absolute atomic E-state index is 0.0641. The Morgan fingerprint density at radius 3 is 2.68 bits per heavy atom. The van der Waals surface area contributed by atoms with E-state index in [9.17, 15) is 4.79 Å². The van der Waals surface area contributed by atoms with E-state index in [0.717, 1.165) is 40.7 Å². The molecular formula is C33H36N6O4S. The van der Waals surface area contributed by atoms with E-state index in [2.05, 4.69) is 38.1 Å². The van der Waals surface area contributed by atoms with Gasteiger partial charge in [0, 0.05) is 29.7 Å². The molecule has 5 rings (SSSR count). The second-order valence-electron chi connectivity index (χ2n) is 10.2. The Morgan fingerprint density at radius 1 is 1.09 bits per heavy atom. The van der Waals surface area contributed by atoms with Crippen LogP contribution < -0.4 is 25.2 Å². The van der Waals surface area contributed by atoms with Crippen LogP contribution in [0.5, 0.6) is 17.2 Å². The molecule has 1 amide bonds. The summed E-state index contributed by atoms with van der Waals surface area (Å²) in [5.41, 5.74) is 2.34. The van der Waals surface area contributed by atoms with Crippen molar-refractivity contribution in [1.29, 1.82) is 0 Å². The Morgan fingerprint density at radius 2 is 1.91 bits per heavy atom. The number of ether oxygens (including phenoxy) is 2. The third-order valence-corrected chi connectivity index (χ3v) is 7.84. The van der Waals surface area contributed by atoms with Gasteiger partial charge in [-0.3, -0.25) is 9.63 Å². The number of amides is 1. The number of hydrogen-bond donors (Lipinski definition) is 2. The molecule has 1 atom stereocenters. The van der Waals surface area contributed by atoms with E-state index >= 15 is 0 Å². The van der Waals surface area contributed by atoms with Crippen molar-refractivity contribution < 1.29 is 19.1 Å². The van der Waals surface area contributed by atoms with Gasteiger partial charge in [0.1, 0.15) is 29.4 Å². The lowest BCUT2D eigenvalue weighted by atomic mass is 10.0. The highest BCUT2D eigenvalue weighted by Gasteiger charge is 2.29. The molecule has 1 fully saturated rings. The Kier molecular flexibility index (Phi) is 10.3. The Hall–Kier alpha value is -4.58. The van der Waals surface area contributed by atoms with Crippen molar-refractivity contribution in [1.82, 2.24) is 14.9 Å². The fourth-order valence-electron chi connectivity index (χ4n) is 4.65. The van der Waals surface area contributed by atoms with Crippen LogP contribution in [0.4, 0.5) is 23.0 Å². The lowest BCUT2D eigenvalue weighted by Crippen LogP contribution is -2.22. The number of carbonyl (C=O) groups excluding carboxylic acids is 1. The number of anilines is 4. The molecule has 2 N–H and O–H groups in total. The first-order valence-corrected chi connectivity index (χ1v) is 15.2. The van der Waals surface area contributed by atoms with Gasteiger partial charge in [0.05, 0.1) is 31.1 Å². The highest BCUT2D eigenvalue weighted by atomic mass is 32.2. The van der Waals surface area contributed by atoms with Crippen LogP contribution in [0.25, 0.3) is 0 Å². The lowest BCUT2D eigenvalue weighted by Gasteiger charge is -2.24. The predicted octanol–water partition coefficient (Wildman–Crippen LogP) is 6.68. The van der Waals surface area contributed by atoms with Gasteiger partial charge in [0.25, 0.3) is 0 Å². The first-order chi connectivity index (χ1) is 21.4. The SMILES string of the molecule is C=CC(=O)Nc1cc(Nc2cc(N3OCCC3c3cccc(Oc4ccccc4)c3)ncn2)c(OC)cc1SCCN(C)C. The molecule has 1 unspecified atom stereocenters. The predicted molar refractivity (Wildman–Crippen MR) is 175 cm³/mol. The highest BCUT2D eigenvalue weighted by Crippen LogP contribution is 2.40. The molecule has 3 aromatic carbocycles. The highest BCUT2D eigenvalue weighted by molar-refractivity contribution is 7.99. The fourth-order valence-corrected chi connectivity index (χ4v) is 5.78. The van der Waals surface area contributed by atoms with Crippen molar-refractivity contribution >= 4 is 40.7 Å². The summed E-state index contributed by atoms with van der Waals surface area (Å²) in [6.45, 7) is 5.02. The molecule has 1 aromatic heterocycles. The van der Waals surface area contributed by atoms with Crippen LogP contribution in [0.15, 0.2) is 96.7 Å². The van der Waals surface area contributed by atoms with Crippen LogP contribution in [0.3, 0.4) is 0 Å². The van der Waals surface area contributed by atoms with Crippen LogP contribution in [0, 0.1) is 0 Å². The summed E-state index contributed by atoms with van der Waals surface area (Å²) in [7, 11) is 5.66. The van der Waals surface area contributed by atoms with Gasteiger partial charge in [-0.15, -0.1) is 11.8 Å². The minimum Gasteiger partial charge on any atom is -0.495 e. The van der Waals surface area contributed by atoms with E-state index in [1.54, 1.807) is 18.9 Å². The van der Waals surface area contributed by atoms with Gasteiger partial charge in [-0.2, -0.15) is 0 Å². The number of thioether (sulfide) groups is 1. The molecule has 1 saturated heterocycles. The number of nitrogens with zero attached hydrogens (tertiary/aromatic N) is 4. The van der Waals surface area contributed by atoms with E-state index < -0.39 is 0 Å². The standard InChI is InChI=1S/C33H36N6O4S/c1-5-33(40)37-27-19-26(29(41-4)20-30(27)44-17-15-38(2)3)36-31-21-32(35-22-34-31)39-28(14-16-42-39)23-10-9-13-25(18-23)43-24-11-7-6-8-12-24/h5-13,18-22,28H,1,14-17H2,2-4H3,(H,37,40)(H,34,35,36). The Labute approximate surface area is 262 Å². The Bertz CT molecular complexity index is 1590. The summed E-state index contributed by atoms with van der Waals surface area (Å²) in [5.74, 6) is 3.83. The average Bonchev–Trinajstić information content (AvgIpc) is 3.53. The molecular weight excluding hydrogens is 576 g/mol.